The number of rotatable bonds is 8. The highest BCUT2D eigenvalue weighted by molar-refractivity contribution is 6.30. The number of nitrogen functional groups attached to an aromatic ring is 1. The number of morpholine rings is 1. The number of carbonyl (C=O) groups is 1. The summed E-state index contributed by atoms with van der Waals surface area (Å²) in [5.74, 6) is -0.0709. The first-order chi connectivity index (χ1) is 16.9. The number of phenols is 1. The van der Waals surface area contributed by atoms with Crippen molar-refractivity contribution in [3.8, 4) is 17.0 Å². The second-order valence-electron chi connectivity index (χ2n) is 8.43. The first kappa shape index (κ1) is 24.8. The molecular formula is C26H30ClN5O3. The lowest BCUT2D eigenvalue weighted by atomic mass is 10.1. The van der Waals surface area contributed by atoms with Crippen molar-refractivity contribution in [3.05, 3.63) is 65.2 Å². The molecule has 1 aliphatic rings. The van der Waals surface area contributed by atoms with E-state index >= 15 is 0 Å². The summed E-state index contributed by atoms with van der Waals surface area (Å²) in [5, 5.41) is 14.1. The molecule has 0 radical (unpaired) electrons. The molecule has 2 aromatic carbocycles. The summed E-state index contributed by atoms with van der Waals surface area (Å²) in [4.78, 5) is 21.3. The van der Waals surface area contributed by atoms with Crippen molar-refractivity contribution in [2.24, 2.45) is 0 Å². The Balaban J connectivity index is 1.43. The van der Waals surface area contributed by atoms with E-state index in [1.54, 1.807) is 18.2 Å². The largest absolute Gasteiger partial charge is 0.507 e. The van der Waals surface area contributed by atoms with Gasteiger partial charge in [-0.05, 0) is 67.6 Å². The van der Waals surface area contributed by atoms with Gasteiger partial charge in [0.2, 0.25) is 0 Å². The smallest absolute Gasteiger partial charge is 0.255 e. The van der Waals surface area contributed by atoms with Crippen LogP contribution in [0.5, 0.6) is 5.75 Å². The Hall–Kier alpha value is -3.33. The third-order valence-electron chi connectivity index (χ3n) is 6.07. The minimum atomic E-state index is -0.260. The van der Waals surface area contributed by atoms with Crippen molar-refractivity contribution in [2.45, 2.75) is 6.42 Å². The number of benzene rings is 2. The minimum Gasteiger partial charge on any atom is -0.507 e. The zero-order valence-electron chi connectivity index (χ0n) is 19.7. The number of nitrogens with two attached hydrogens (primary N) is 1. The number of phenolic OH excluding ortho intramolecular Hbond substituents is 1. The quantitative estimate of drug-likeness (QED) is 0.407. The molecule has 1 fully saturated rings. The maximum absolute atomic E-state index is 12.6. The number of hydrogen-bond acceptors (Lipinski definition) is 7. The Morgan fingerprint density at radius 3 is 2.57 bits per heavy atom. The van der Waals surface area contributed by atoms with Gasteiger partial charge in [0.1, 0.15) is 11.6 Å². The average Bonchev–Trinajstić information content (AvgIpc) is 2.87. The number of anilines is 3. The molecule has 4 rings (SSSR count). The van der Waals surface area contributed by atoms with Crippen molar-refractivity contribution >= 4 is 34.7 Å². The molecule has 0 spiro atoms. The molecule has 1 amide bonds. The number of hydrogen-bond donors (Lipinski definition) is 3. The van der Waals surface area contributed by atoms with E-state index in [1.165, 1.54) is 0 Å². The fourth-order valence-electron chi connectivity index (χ4n) is 3.99. The summed E-state index contributed by atoms with van der Waals surface area (Å²) in [6, 6.07) is 16.1. The monoisotopic (exact) mass is 495 g/mol. The van der Waals surface area contributed by atoms with Crippen LogP contribution in [0.25, 0.3) is 11.3 Å². The van der Waals surface area contributed by atoms with Crippen LogP contribution in [0.15, 0.2) is 54.6 Å². The molecule has 35 heavy (non-hydrogen) atoms. The van der Waals surface area contributed by atoms with Gasteiger partial charge in [0, 0.05) is 48.6 Å². The molecule has 0 unspecified atom stereocenters. The van der Waals surface area contributed by atoms with E-state index in [4.69, 9.17) is 22.1 Å². The maximum atomic E-state index is 12.6. The Morgan fingerprint density at radius 2 is 1.86 bits per heavy atom. The lowest BCUT2D eigenvalue weighted by molar-refractivity contribution is 0.0374. The van der Waals surface area contributed by atoms with Gasteiger partial charge >= 0.3 is 0 Å². The Bertz CT molecular complexity index is 1170. The molecular weight excluding hydrogens is 466 g/mol. The molecule has 1 aliphatic heterocycles. The summed E-state index contributed by atoms with van der Waals surface area (Å²) >= 11 is 6.00. The first-order valence-corrected chi connectivity index (χ1v) is 12.0. The molecule has 8 nitrogen and oxygen atoms in total. The van der Waals surface area contributed by atoms with Crippen molar-refractivity contribution in [2.75, 3.05) is 57.1 Å². The molecule has 3 aromatic rings. The van der Waals surface area contributed by atoms with Crippen molar-refractivity contribution < 1.29 is 14.6 Å². The Kier molecular flexibility index (Phi) is 8.07. The predicted molar refractivity (Wildman–Crippen MR) is 139 cm³/mol. The summed E-state index contributed by atoms with van der Waals surface area (Å²) in [5.41, 5.74) is 9.25. The van der Waals surface area contributed by atoms with Gasteiger partial charge in [-0.1, -0.05) is 11.6 Å². The van der Waals surface area contributed by atoms with Gasteiger partial charge in [0.15, 0.2) is 0 Å². The van der Waals surface area contributed by atoms with E-state index in [-0.39, 0.29) is 17.5 Å². The molecule has 1 saturated heterocycles. The molecule has 0 aliphatic carbocycles. The number of amides is 1. The third-order valence-corrected chi connectivity index (χ3v) is 6.32. The Labute approximate surface area is 210 Å². The molecule has 0 saturated carbocycles. The fraction of sp³-hybridized carbons (Fsp3) is 0.308. The van der Waals surface area contributed by atoms with Crippen LogP contribution in [0.1, 0.15) is 16.8 Å². The van der Waals surface area contributed by atoms with Gasteiger partial charge in [-0.25, -0.2) is 4.98 Å². The number of halogens is 1. The minimum absolute atomic E-state index is 0.0745. The highest BCUT2D eigenvalue weighted by atomic mass is 35.5. The second-order valence-corrected chi connectivity index (χ2v) is 8.87. The Morgan fingerprint density at radius 1 is 1.14 bits per heavy atom. The summed E-state index contributed by atoms with van der Waals surface area (Å²) in [6.45, 7) is 4.84. The summed E-state index contributed by atoms with van der Waals surface area (Å²) in [7, 11) is 1.92. The normalized spacial score (nSPS) is 14.0. The molecule has 0 atom stereocenters. The van der Waals surface area contributed by atoms with Crippen molar-refractivity contribution in [1.29, 1.82) is 0 Å². The topological polar surface area (TPSA) is 104 Å². The van der Waals surface area contributed by atoms with E-state index < -0.39 is 0 Å². The van der Waals surface area contributed by atoms with E-state index in [2.05, 4.69) is 15.2 Å². The fourth-order valence-corrected chi connectivity index (χ4v) is 4.12. The van der Waals surface area contributed by atoms with E-state index in [0.717, 1.165) is 50.6 Å². The maximum Gasteiger partial charge on any atom is 0.255 e. The highest BCUT2D eigenvalue weighted by Crippen LogP contribution is 2.35. The van der Waals surface area contributed by atoms with Crippen molar-refractivity contribution in [3.63, 3.8) is 0 Å². The zero-order valence-corrected chi connectivity index (χ0v) is 20.5. The van der Waals surface area contributed by atoms with E-state index in [0.29, 0.717) is 28.4 Å². The number of nitrogens with zero attached hydrogens (tertiary/aromatic N) is 3. The van der Waals surface area contributed by atoms with Gasteiger partial charge in [0.25, 0.3) is 5.91 Å². The van der Waals surface area contributed by atoms with Gasteiger partial charge in [0.05, 0.1) is 24.5 Å². The van der Waals surface area contributed by atoms with Crippen LogP contribution in [0.2, 0.25) is 5.02 Å². The number of ether oxygens (including phenoxy) is 1. The molecule has 9 heteroatoms. The predicted octanol–water partition coefficient (Wildman–Crippen LogP) is 3.91. The number of nitrogens with one attached hydrogen (secondary N) is 1. The number of carbonyl (C=O) groups excluding carboxylic acids is 1. The lowest BCUT2D eigenvalue weighted by Gasteiger charge is -2.26. The number of pyridine rings is 1. The van der Waals surface area contributed by atoms with Crippen LogP contribution in [0, 0.1) is 0 Å². The highest BCUT2D eigenvalue weighted by Gasteiger charge is 2.16. The molecule has 2 heterocycles. The van der Waals surface area contributed by atoms with E-state index in [1.807, 2.05) is 48.3 Å². The van der Waals surface area contributed by atoms with Gasteiger partial charge in [-0.3, -0.25) is 9.69 Å². The third kappa shape index (κ3) is 6.22. The second kappa shape index (κ2) is 11.4. The number of aromatic nitrogens is 1. The zero-order chi connectivity index (χ0) is 24.8. The average molecular weight is 496 g/mol. The van der Waals surface area contributed by atoms with Crippen LogP contribution in [0.4, 0.5) is 17.2 Å². The van der Waals surface area contributed by atoms with Gasteiger partial charge in [-0.2, -0.15) is 0 Å². The standard InChI is InChI=1S/C26H30ClN5O3/c1-31(19-5-3-18(27)4-6-19)20-7-10-24(33)22(17-20)23-9-8-21(25(28)30-23)26(34)29-11-2-12-32-13-15-35-16-14-32/h3-10,17,33H,2,11-16H2,1H3,(H2,28,30)(H,29,34). The molecule has 4 N–H and O–H groups in total. The van der Waals surface area contributed by atoms with Crippen molar-refractivity contribution in [1.82, 2.24) is 15.2 Å². The van der Waals surface area contributed by atoms with Crippen LogP contribution < -0.4 is 16.0 Å². The summed E-state index contributed by atoms with van der Waals surface area (Å²) in [6.07, 6.45) is 0.846. The number of aromatic hydroxyl groups is 1. The van der Waals surface area contributed by atoms with Gasteiger partial charge < -0.3 is 25.8 Å². The van der Waals surface area contributed by atoms with Crippen LogP contribution in [0.3, 0.4) is 0 Å². The molecule has 184 valence electrons. The molecule has 1 aromatic heterocycles. The first-order valence-electron chi connectivity index (χ1n) is 11.6. The van der Waals surface area contributed by atoms with E-state index in [9.17, 15) is 9.90 Å². The van der Waals surface area contributed by atoms with Crippen LogP contribution in [-0.2, 0) is 4.74 Å². The molecule has 0 bridgehead atoms. The summed E-state index contributed by atoms with van der Waals surface area (Å²) < 4.78 is 5.35. The lowest BCUT2D eigenvalue weighted by Crippen LogP contribution is -2.38. The van der Waals surface area contributed by atoms with Crippen LogP contribution in [-0.4, -0.2) is 67.3 Å². The SMILES string of the molecule is CN(c1ccc(Cl)cc1)c1ccc(O)c(-c2ccc(C(=O)NCCCN3CCOCC3)c(N)n2)c1. The van der Waals surface area contributed by atoms with Crippen LogP contribution >= 0.6 is 11.6 Å². The van der Waals surface area contributed by atoms with Gasteiger partial charge in [-0.15, -0.1) is 0 Å².